The Bertz CT molecular complexity index is 766. The number of carbonyl (C=O) groups is 1. The van der Waals surface area contributed by atoms with Crippen molar-refractivity contribution in [3.05, 3.63) is 64.2 Å². The van der Waals surface area contributed by atoms with E-state index in [0.717, 1.165) is 5.56 Å². The Morgan fingerprint density at radius 2 is 2.05 bits per heavy atom. The zero-order chi connectivity index (χ0) is 15.1. The summed E-state index contributed by atoms with van der Waals surface area (Å²) in [6.45, 7) is -0.220. The first kappa shape index (κ1) is 14.3. The van der Waals surface area contributed by atoms with Crippen molar-refractivity contribution in [2.24, 2.45) is 5.11 Å². The Morgan fingerprint density at radius 1 is 1.29 bits per heavy atom. The van der Waals surface area contributed by atoms with Crippen LogP contribution in [0.25, 0.3) is 21.7 Å². The highest BCUT2D eigenvalue weighted by Crippen LogP contribution is 2.18. The van der Waals surface area contributed by atoms with Crippen molar-refractivity contribution >= 4 is 5.91 Å². The lowest BCUT2D eigenvalue weighted by Gasteiger charge is -2.02. The van der Waals surface area contributed by atoms with Crippen LogP contribution in [0.4, 0.5) is 0 Å². The van der Waals surface area contributed by atoms with Gasteiger partial charge in [-0.2, -0.15) is 0 Å². The number of carbonyl (C=O) groups excluding carboxylic acids is 1. The average molecular weight is 278 g/mol. The minimum atomic E-state index is -0.625. The number of azide groups is 1. The molecule has 0 aliphatic heterocycles. The molecule has 1 N–H and O–H groups in total. The van der Waals surface area contributed by atoms with Gasteiger partial charge in [0, 0.05) is 16.0 Å². The van der Waals surface area contributed by atoms with E-state index in [1.54, 1.807) is 30.3 Å². The molecule has 0 atom stereocenters. The monoisotopic (exact) mass is 278 g/mol. The zero-order valence-corrected chi connectivity index (χ0v) is 10.9. The Balaban J connectivity index is 2.30. The van der Waals surface area contributed by atoms with E-state index in [9.17, 15) is 4.79 Å². The second kappa shape index (κ2) is 6.87. The molecule has 2 aromatic rings. The molecule has 0 saturated carbocycles. The van der Waals surface area contributed by atoms with Gasteiger partial charge in [0.05, 0.1) is 5.69 Å². The number of pyridine rings is 1. The Morgan fingerprint density at radius 3 is 2.71 bits per heavy atom. The first-order chi connectivity index (χ1) is 10.2. The number of rotatable bonds is 2. The molecule has 0 unspecified atom stereocenters. The van der Waals surface area contributed by atoms with E-state index >= 15 is 0 Å². The molecule has 21 heavy (non-hydrogen) atoms. The van der Waals surface area contributed by atoms with Crippen LogP contribution in [0.3, 0.4) is 0 Å². The molecule has 6 heteroatoms. The maximum atomic E-state index is 11.4. The fourth-order valence-electron chi connectivity index (χ4n) is 1.68. The molecule has 0 bridgehead atoms. The third-order valence-electron chi connectivity index (χ3n) is 2.61. The SMILES string of the molecule is [N-]=[N+]=NC(=O)c1ccc(-c2cccc(C#CCO)n2)cc1. The molecule has 1 heterocycles. The van der Waals surface area contributed by atoms with Gasteiger partial charge in [0.15, 0.2) is 0 Å². The summed E-state index contributed by atoms with van der Waals surface area (Å²) in [5, 5.41) is 11.7. The lowest BCUT2D eigenvalue weighted by Crippen LogP contribution is -1.93. The van der Waals surface area contributed by atoms with E-state index < -0.39 is 5.91 Å². The van der Waals surface area contributed by atoms with Crippen LogP contribution in [0.15, 0.2) is 47.6 Å². The maximum absolute atomic E-state index is 11.4. The van der Waals surface area contributed by atoms with Gasteiger partial charge < -0.3 is 5.11 Å². The van der Waals surface area contributed by atoms with Crippen LogP contribution in [0.1, 0.15) is 16.1 Å². The molecule has 102 valence electrons. The zero-order valence-electron chi connectivity index (χ0n) is 10.9. The van der Waals surface area contributed by atoms with E-state index in [4.69, 9.17) is 10.6 Å². The predicted molar refractivity (Wildman–Crippen MR) is 77.1 cm³/mol. The topological polar surface area (TPSA) is 99.0 Å². The molecule has 0 aliphatic carbocycles. The van der Waals surface area contributed by atoms with Crippen molar-refractivity contribution in [1.82, 2.24) is 4.98 Å². The summed E-state index contributed by atoms with van der Waals surface area (Å²) in [5.74, 6) is 4.64. The van der Waals surface area contributed by atoms with Crippen molar-refractivity contribution in [2.45, 2.75) is 0 Å². The first-order valence-corrected chi connectivity index (χ1v) is 6.01. The molecule has 0 fully saturated rings. The summed E-state index contributed by atoms with van der Waals surface area (Å²) in [6.07, 6.45) is 0. The maximum Gasteiger partial charge on any atom is 0.249 e. The molecule has 0 spiro atoms. The first-order valence-electron chi connectivity index (χ1n) is 6.01. The average Bonchev–Trinajstić information content (AvgIpc) is 2.53. The van der Waals surface area contributed by atoms with Gasteiger partial charge in [0.1, 0.15) is 12.3 Å². The van der Waals surface area contributed by atoms with Crippen molar-refractivity contribution in [2.75, 3.05) is 6.61 Å². The lowest BCUT2D eigenvalue weighted by atomic mass is 10.1. The van der Waals surface area contributed by atoms with Crippen LogP contribution in [0.5, 0.6) is 0 Å². The molecule has 1 aromatic carbocycles. The number of aliphatic hydroxyl groups is 1. The van der Waals surface area contributed by atoms with E-state index in [0.29, 0.717) is 17.0 Å². The van der Waals surface area contributed by atoms with Crippen LogP contribution < -0.4 is 0 Å². The summed E-state index contributed by atoms with van der Waals surface area (Å²) in [7, 11) is 0. The van der Waals surface area contributed by atoms with Crippen LogP contribution in [-0.4, -0.2) is 22.6 Å². The van der Waals surface area contributed by atoms with Gasteiger partial charge in [0.2, 0.25) is 5.91 Å². The molecule has 0 radical (unpaired) electrons. The Kier molecular flexibility index (Phi) is 4.67. The van der Waals surface area contributed by atoms with Crippen molar-refractivity contribution in [3.63, 3.8) is 0 Å². The number of amides is 1. The standard InChI is InChI=1S/C15H10N4O2/c16-19-18-15(21)12-8-6-11(7-9-12)14-5-1-3-13(17-14)4-2-10-20/h1,3,5-9,20H,10H2. The summed E-state index contributed by atoms with van der Waals surface area (Å²) in [5.41, 5.74) is 10.6. The Labute approximate surface area is 120 Å². The number of hydrogen-bond acceptors (Lipinski definition) is 3. The number of aromatic nitrogens is 1. The fourth-order valence-corrected chi connectivity index (χ4v) is 1.68. The highest BCUT2D eigenvalue weighted by Gasteiger charge is 2.04. The molecule has 1 aromatic heterocycles. The largest absolute Gasteiger partial charge is 0.384 e. The fraction of sp³-hybridized carbons (Fsp3) is 0.0667. The number of benzene rings is 1. The number of aliphatic hydroxyl groups excluding tert-OH is 1. The van der Waals surface area contributed by atoms with E-state index in [-0.39, 0.29) is 6.61 Å². The molecular formula is C15H10N4O2. The normalized spacial score (nSPS) is 9.19. The van der Waals surface area contributed by atoms with Crippen molar-refractivity contribution in [3.8, 4) is 23.1 Å². The predicted octanol–water partition coefficient (Wildman–Crippen LogP) is 2.54. The van der Waals surface area contributed by atoms with Gasteiger partial charge in [-0.25, -0.2) is 4.98 Å². The Hall–Kier alpha value is -3.13. The van der Waals surface area contributed by atoms with Gasteiger partial charge in [-0.05, 0) is 28.7 Å². The van der Waals surface area contributed by atoms with E-state index in [2.05, 4.69) is 26.9 Å². The van der Waals surface area contributed by atoms with Crippen LogP contribution in [-0.2, 0) is 0 Å². The minimum Gasteiger partial charge on any atom is -0.384 e. The molecule has 1 amide bonds. The molecule has 2 rings (SSSR count). The van der Waals surface area contributed by atoms with Gasteiger partial charge in [-0.15, -0.1) is 0 Å². The number of nitrogens with zero attached hydrogens (tertiary/aromatic N) is 4. The molecule has 0 aliphatic rings. The molecular weight excluding hydrogens is 268 g/mol. The van der Waals surface area contributed by atoms with Crippen LogP contribution in [0, 0.1) is 11.8 Å². The third kappa shape index (κ3) is 3.67. The van der Waals surface area contributed by atoms with E-state index in [1.807, 2.05) is 12.1 Å². The summed E-state index contributed by atoms with van der Waals surface area (Å²) in [4.78, 5) is 18.2. The quantitative estimate of drug-likeness (QED) is 0.395. The molecule has 6 nitrogen and oxygen atoms in total. The summed E-state index contributed by atoms with van der Waals surface area (Å²) in [6, 6.07) is 11.9. The summed E-state index contributed by atoms with van der Waals surface area (Å²) >= 11 is 0. The highest BCUT2D eigenvalue weighted by atomic mass is 16.2. The van der Waals surface area contributed by atoms with Gasteiger partial charge >= 0.3 is 0 Å². The van der Waals surface area contributed by atoms with Crippen LogP contribution in [0.2, 0.25) is 0 Å². The smallest absolute Gasteiger partial charge is 0.249 e. The minimum absolute atomic E-state index is 0.220. The second-order valence-corrected chi connectivity index (χ2v) is 3.94. The van der Waals surface area contributed by atoms with Crippen LogP contribution >= 0.6 is 0 Å². The summed E-state index contributed by atoms with van der Waals surface area (Å²) < 4.78 is 0. The number of hydrogen-bond donors (Lipinski definition) is 1. The van der Waals surface area contributed by atoms with E-state index in [1.165, 1.54) is 0 Å². The van der Waals surface area contributed by atoms with Crippen molar-refractivity contribution in [1.29, 1.82) is 0 Å². The van der Waals surface area contributed by atoms with Gasteiger partial charge in [-0.3, -0.25) is 4.79 Å². The second-order valence-electron chi connectivity index (χ2n) is 3.94. The molecule has 0 saturated heterocycles. The third-order valence-corrected chi connectivity index (χ3v) is 2.61. The lowest BCUT2D eigenvalue weighted by molar-refractivity contribution is 0.100. The van der Waals surface area contributed by atoms with Crippen molar-refractivity contribution < 1.29 is 9.90 Å². The van der Waals surface area contributed by atoms with Gasteiger partial charge in [0.25, 0.3) is 0 Å². The highest BCUT2D eigenvalue weighted by molar-refractivity contribution is 5.95. The van der Waals surface area contributed by atoms with Gasteiger partial charge in [-0.1, -0.05) is 36.3 Å².